The number of hydrazone groups is 1. The second-order valence-electron chi connectivity index (χ2n) is 5.15. The molecular weight excluding hydrogens is 320 g/mol. The fourth-order valence-corrected chi connectivity index (χ4v) is 1.95. The van der Waals surface area contributed by atoms with E-state index in [2.05, 4.69) is 25.9 Å². The minimum Gasteiger partial charge on any atom is -0.465 e. The van der Waals surface area contributed by atoms with Crippen molar-refractivity contribution in [3.63, 3.8) is 0 Å². The Morgan fingerprint density at radius 1 is 1.28 bits per heavy atom. The van der Waals surface area contributed by atoms with E-state index in [0.717, 1.165) is 5.56 Å². The highest BCUT2D eigenvalue weighted by Gasteiger charge is 2.08. The number of hydrogen-bond donors (Lipinski definition) is 1. The van der Waals surface area contributed by atoms with Gasteiger partial charge in [-0.3, -0.25) is 4.79 Å². The van der Waals surface area contributed by atoms with Crippen molar-refractivity contribution in [2.75, 3.05) is 0 Å². The Labute approximate surface area is 143 Å². The molecule has 0 bridgehead atoms. The lowest BCUT2D eigenvalue weighted by Crippen LogP contribution is -2.25. The Hall–Kier alpha value is -3.55. The number of furan rings is 1. The summed E-state index contributed by atoms with van der Waals surface area (Å²) >= 11 is 0. The number of amides is 1. The quantitative estimate of drug-likeness (QED) is 0.549. The van der Waals surface area contributed by atoms with Crippen molar-refractivity contribution in [2.24, 2.45) is 5.10 Å². The number of rotatable bonds is 6. The molecule has 0 spiro atoms. The van der Waals surface area contributed by atoms with E-state index in [1.807, 2.05) is 36.4 Å². The van der Waals surface area contributed by atoms with Gasteiger partial charge in [-0.05, 0) is 36.4 Å². The number of hydrogen-bond acceptors (Lipinski definition) is 6. The summed E-state index contributed by atoms with van der Waals surface area (Å²) in [6, 6.07) is 13.0. The molecule has 0 fully saturated rings. The van der Waals surface area contributed by atoms with E-state index in [0.29, 0.717) is 17.3 Å². The van der Waals surface area contributed by atoms with Crippen LogP contribution < -0.4 is 5.43 Å². The van der Waals surface area contributed by atoms with Crippen molar-refractivity contribution >= 4 is 17.7 Å². The molecule has 0 aliphatic carbocycles. The highest BCUT2D eigenvalue weighted by molar-refractivity contribution is 5.96. The second kappa shape index (κ2) is 7.82. The SMILES string of the molecule is CC(/C=C/c1ccco1)=N/NC(=O)Cn1nnc(-c2ccccc2)n1. The molecule has 0 saturated carbocycles. The number of aromatic nitrogens is 4. The minimum atomic E-state index is -0.345. The third-order valence-electron chi connectivity index (χ3n) is 3.16. The fourth-order valence-electron chi connectivity index (χ4n) is 1.95. The van der Waals surface area contributed by atoms with Crippen molar-refractivity contribution in [1.29, 1.82) is 0 Å². The van der Waals surface area contributed by atoms with Crippen LogP contribution in [0.4, 0.5) is 0 Å². The molecule has 1 N–H and O–H groups in total. The molecule has 3 aromatic rings. The lowest BCUT2D eigenvalue weighted by atomic mass is 10.2. The first-order valence-corrected chi connectivity index (χ1v) is 7.58. The molecule has 0 radical (unpaired) electrons. The first kappa shape index (κ1) is 16.3. The second-order valence-corrected chi connectivity index (χ2v) is 5.15. The monoisotopic (exact) mass is 336 g/mol. The van der Waals surface area contributed by atoms with Gasteiger partial charge in [0.05, 0.1) is 12.0 Å². The van der Waals surface area contributed by atoms with E-state index < -0.39 is 0 Å². The van der Waals surface area contributed by atoms with Crippen molar-refractivity contribution in [3.05, 3.63) is 60.6 Å². The zero-order chi connectivity index (χ0) is 17.5. The first-order chi connectivity index (χ1) is 12.2. The van der Waals surface area contributed by atoms with Gasteiger partial charge >= 0.3 is 0 Å². The van der Waals surface area contributed by atoms with Gasteiger partial charge in [0.1, 0.15) is 12.3 Å². The Morgan fingerprint density at radius 2 is 2.12 bits per heavy atom. The van der Waals surface area contributed by atoms with E-state index in [9.17, 15) is 4.79 Å². The summed E-state index contributed by atoms with van der Waals surface area (Å²) in [5, 5.41) is 16.0. The summed E-state index contributed by atoms with van der Waals surface area (Å²) in [7, 11) is 0. The molecule has 0 aliphatic heterocycles. The number of nitrogens with one attached hydrogen (secondary N) is 1. The largest absolute Gasteiger partial charge is 0.465 e. The zero-order valence-corrected chi connectivity index (χ0v) is 13.5. The van der Waals surface area contributed by atoms with Gasteiger partial charge in [-0.1, -0.05) is 30.3 Å². The summed E-state index contributed by atoms with van der Waals surface area (Å²) in [4.78, 5) is 13.1. The summed E-state index contributed by atoms with van der Waals surface area (Å²) in [6.07, 6.45) is 5.08. The van der Waals surface area contributed by atoms with Gasteiger partial charge in [0.2, 0.25) is 5.82 Å². The molecule has 0 atom stereocenters. The molecular formula is C17H16N6O2. The number of carbonyl (C=O) groups is 1. The van der Waals surface area contributed by atoms with E-state index >= 15 is 0 Å². The van der Waals surface area contributed by atoms with Crippen LogP contribution in [0.1, 0.15) is 12.7 Å². The van der Waals surface area contributed by atoms with Crippen LogP contribution in [0.5, 0.6) is 0 Å². The average Bonchev–Trinajstić information content (AvgIpc) is 3.31. The Bertz CT molecular complexity index is 881. The van der Waals surface area contributed by atoms with Crippen molar-refractivity contribution in [1.82, 2.24) is 25.6 Å². The number of tetrazole rings is 1. The van der Waals surface area contributed by atoms with E-state index in [-0.39, 0.29) is 12.5 Å². The van der Waals surface area contributed by atoms with Gasteiger partial charge in [-0.2, -0.15) is 9.90 Å². The normalized spacial score (nSPS) is 11.8. The van der Waals surface area contributed by atoms with Crippen molar-refractivity contribution < 1.29 is 9.21 Å². The number of carbonyl (C=O) groups excluding carboxylic acids is 1. The van der Waals surface area contributed by atoms with Crippen molar-refractivity contribution in [2.45, 2.75) is 13.5 Å². The Balaban J connectivity index is 1.54. The molecule has 8 heteroatoms. The van der Waals surface area contributed by atoms with Crippen LogP contribution in [0, 0.1) is 0 Å². The van der Waals surface area contributed by atoms with Gasteiger partial charge in [0.25, 0.3) is 5.91 Å². The highest BCUT2D eigenvalue weighted by Crippen LogP contribution is 2.11. The van der Waals surface area contributed by atoms with Crippen LogP contribution in [-0.4, -0.2) is 31.8 Å². The zero-order valence-electron chi connectivity index (χ0n) is 13.5. The van der Waals surface area contributed by atoms with Gasteiger partial charge in [0.15, 0.2) is 0 Å². The molecule has 0 unspecified atom stereocenters. The van der Waals surface area contributed by atoms with Gasteiger partial charge < -0.3 is 4.42 Å². The minimum absolute atomic E-state index is 0.0709. The topological polar surface area (TPSA) is 98.2 Å². The highest BCUT2D eigenvalue weighted by atomic mass is 16.3. The van der Waals surface area contributed by atoms with Gasteiger partial charge in [-0.25, -0.2) is 5.43 Å². The predicted octanol–water partition coefficient (Wildman–Crippen LogP) is 2.14. The third-order valence-corrected chi connectivity index (χ3v) is 3.16. The van der Waals surface area contributed by atoms with E-state index in [4.69, 9.17) is 4.42 Å². The molecule has 8 nitrogen and oxygen atoms in total. The molecule has 3 rings (SSSR count). The number of nitrogens with zero attached hydrogens (tertiary/aromatic N) is 5. The molecule has 0 aliphatic rings. The number of benzene rings is 1. The van der Waals surface area contributed by atoms with Crippen LogP contribution in [0.25, 0.3) is 17.5 Å². The molecule has 1 aromatic carbocycles. The molecule has 2 heterocycles. The Kier molecular flexibility index (Phi) is 5.10. The lowest BCUT2D eigenvalue weighted by Gasteiger charge is -1.99. The van der Waals surface area contributed by atoms with Crippen LogP contribution in [0.3, 0.4) is 0 Å². The smallest absolute Gasteiger partial charge is 0.263 e. The maximum absolute atomic E-state index is 11.9. The first-order valence-electron chi connectivity index (χ1n) is 7.58. The molecule has 2 aromatic heterocycles. The maximum atomic E-state index is 11.9. The standard InChI is InChI=1S/C17H16N6O2/c1-13(9-10-15-8-5-11-25-15)18-19-16(24)12-23-21-17(20-22-23)14-6-3-2-4-7-14/h2-11H,12H2,1H3,(H,19,24)/b10-9+,18-13-. The average molecular weight is 336 g/mol. The van der Waals surface area contributed by atoms with Crippen molar-refractivity contribution in [3.8, 4) is 11.4 Å². The van der Waals surface area contributed by atoms with Crippen LogP contribution in [-0.2, 0) is 11.3 Å². The van der Waals surface area contributed by atoms with E-state index in [1.165, 1.54) is 4.80 Å². The third kappa shape index (κ3) is 4.71. The predicted molar refractivity (Wildman–Crippen MR) is 92.2 cm³/mol. The Morgan fingerprint density at radius 3 is 2.88 bits per heavy atom. The van der Waals surface area contributed by atoms with Gasteiger partial charge in [0, 0.05) is 5.56 Å². The summed E-state index contributed by atoms with van der Waals surface area (Å²) < 4.78 is 5.17. The summed E-state index contributed by atoms with van der Waals surface area (Å²) in [5.74, 6) is 0.832. The molecule has 0 saturated heterocycles. The van der Waals surface area contributed by atoms with Crippen LogP contribution in [0.2, 0.25) is 0 Å². The molecule has 25 heavy (non-hydrogen) atoms. The summed E-state index contributed by atoms with van der Waals surface area (Å²) in [6.45, 7) is 1.69. The van der Waals surface area contributed by atoms with Crippen LogP contribution in [0.15, 0.2) is 64.3 Å². The van der Waals surface area contributed by atoms with Gasteiger partial charge in [-0.15, -0.1) is 10.2 Å². The molecule has 126 valence electrons. The van der Waals surface area contributed by atoms with Crippen LogP contribution >= 0.6 is 0 Å². The number of allylic oxidation sites excluding steroid dienone is 1. The molecule has 1 amide bonds. The maximum Gasteiger partial charge on any atom is 0.263 e. The van der Waals surface area contributed by atoms with E-state index in [1.54, 1.807) is 31.4 Å². The summed E-state index contributed by atoms with van der Waals surface area (Å²) in [5.41, 5.74) is 3.91. The lowest BCUT2D eigenvalue weighted by molar-refractivity contribution is -0.122. The fraction of sp³-hybridized carbons (Fsp3) is 0.118.